The van der Waals surface area contributed by atoms with E-state index in [0.29, 0.717) is 17.9 Å². The highest BCUT2D eigenvalue weighted by Gasteiger charge is 2.80. The molecule has 11 atom stereocenters. The van der Waals surface area contributed by atoms with Gasteiger partial charge in [-0.15, -0.1) is 0 Å². The molecule has 4 heterocycles. The average Bonchev–Trinajstić information content (AvgIpc) is 3.36. The quantitative estimate of drug-likeness (QED) is 0.503. The lowest BCUT2D eigenvalue weighted by Gasteiger charge is -2.52. The van der Waals surface area contributed by atoms with E-state index in [1.165, 1.54) is 18.4 Å². The van der Waals surface area contributed by atoms with Gasteiger partial charge in [0.25, 0.3) is 0 Å². The zero-order valence-electron chi connectivity index (χ0n) is 22.8. The van der Waals surface area contributed by atoms with Crippen molar-refractivity contribution in [1.29, 1.82) is 0 Å². The smallest absolute Gasteiger partial charge is 0.199 e. The van der Waals surface area contributed by atoms with Gasteiger partial charge < -0.3 is 24.4 Å². The summed E-state index contributed by atoms with van der Waals surface area (Å²) in [7, 11) is 0. The number of hydrogen-bond donors (Lipinski definition) is 2. The maximum Gasteiger partial charge on any atom is 0.199 e. The molecule has 196 valence electrons. The first-order chi connectivity index (χ1) is 16.2. The van der Waals surface area contributed by atoms with Crippen LogP contribution in [0.5, 0.6) is 0 Å². The first kappa shape index (κ1) is 23.6. The van der Waals surface area contributed by atoms with Gasteiger partial charge in [-0.05, 0) is 87.9 Å². The van der Waals surface area contributed by atoms with Crippen molar-refractivity contribution in [3.63, 3.8) is 0 Å². The summed E-state index contributed by atoms with van der Waals surface area (Å²) in [5, 5.41) is 23.3. The van der Waals surface area contributed by atoms with Crippen LogP contribution in [0.3, 0.4) is 0 Å². The van der Waals surface area contributed by atoms with Crippen LogP contribution in [0.15, 0.2) is 11.1 Å². The van der Waals surface area contributed by atoms with E-state index in [4.69, 9.17) is 14.2 Å². The molecule has 5 nitrogen and oxygen atoms in total. The molecule has 0 aromatic heterocycles. The molecule has 2 N–H and O–H groups in total. The Kier molecular flexibility index (Phi) is 4.44. The fourth-order valence-corrected chi connectivity index (χ4v) is 11.3. The number of rotatable bonds is 1. The SMILES string of the molecule is C[C@@H]1CC2O[C@]3(O[C@@H]2C(C)(C)O)[C@H]1[C@@]1(C)CCC2=C(CC[C@H]4C(C)(C)C5CC[C@@]4(C2)O5)[C@]1(C)[C@H]3O. The van der Waals surface area contributed by atoms with Gasteiger partial charge in [0.05, 0.1) is 23.4 Å². The molecule has 2 spiro atoms. The molecule has 5 heteroatoms. The minimum atomic E-state index is -1.03. The van der Waals surface area contributed by atoms with E-state index in [-0.39, 0.29) is 28.5 Å². The Bertz CT molecular complexity index is 995. The second-order valence-electron chi connectivity index (χ2n) is 15.2. The summed E-state index contributed by atoms with van der Waals surface area (Å²) in [6, 6.07) is 0. The summed E-state index contributed by atoms with van der Waals surface area (Å²) >= 11 is 0. The van der Waals surface area contributed by atoms with Crippen LogP contribution < -0.4 is 0 Å². The van der Waals surface area contributed by atoms with E-state index in [9.17, 15) is 10.2 Å². The number of aliphatic hydroxyl groups is 2. The number of fused-ring (bicyclic) bond motifs is 5. The van der Waals surface area contributed by atoms with Crippen LogP contribution in [-0.2, 0) is 14.2 Å². The van der Waals surface area contributed by atoms with Gasteiger partial charge >= 0.3 is 0 Å². The normalized spacial score (nSPS) is 58.0. The summed E-state index contributed by atoms with van der Waals surface area (Å²) in [6.45, 7) is 15.5. The zero-order chi connectivity index (χ0) is 25.0. The number of aliphatic hydroxyl groups excluding tert-OH is 1. The third-order valence-electron chi connectivity index (χ3n) is 12.9. The summed E-state index contributed by atoms with van der Waals surface area (Å²) in [5.74, 6) is 0.0201. The van der Waals surface area contributed by atoms with Crippen LogP contribution in [0.4, 0.5) is 0 Å². The zero-order valence-corrected chi connectivity index (χ0v) is 22.8. The molecule has 4 saturated heterocycles. The second-order valence-corrected chi connectivity index (χ2v) is 15.2. The van der Waals surface area contributed by atoms with Gasteiger partial charge in [-0.3, -0.25) is 0 Å². The van der Waals surface area contributed by atoms with Crippen molar-refractivity contribution in [3.05, 3.63) is 11.1 Å². The molecule has 0 aromatic carbocycles. The largest absolute Gasteiger partial charge is 0.388 e. The first-order valence-electron chi connectivity index (χ1n) is 14.4. The van der Waals surface area contributed by atoms with Gasteiger partial charge in [0, 0.05) is 11.3 Å². The van der Waals surface area contributed by atoms with Crippen LogP contribution in [0, 0.1) is 34.0 Å². The summed E-state index contributed by atoms with van der Waals surface area (Å²) in [6.07, 6.45) is 7.68. The second kappa shape index (κ2) is 6.57. The molecule has 4 bridgehead atoms. The average molecular weight is 487 g/mol. The third-order valence-corrected chi connectivity index (χ3v) is 12.9. The Morgan fingerprint density at radius 3 is 2.43 bits per heavy atom. The summed E-state index contributed by atoms with van der Waals surface area (Å²) in [5.41, 5.74) is 1.73. The van der Waals surface area contributed by atoms with Crippen molar-refractivity contribution < 1.29 is 24.4 Å². The molecule has 2 unspecified atom stereocenters. The minimum absolute atomic E-state index is 0.00525. The molecule has 4 aliphatic heterocycles. The van der Waals surface area contributed by atoms with E-state index in [1.54, 1.807) is 5.57 Å². The van der Waals surface area contributed by atoms with Crippen LogP contribution in [-0.4, -0.2) is 51.6 Å². The summed E-state index contributed by atoms with van der Waals surface area (Å²) < 4.78 is 20.3. The van der Waals surface area contributed by atoms with Crippen molar-refractivity contribution in [2.45, 2.75) is 141 Å². The molecule has 1 saturated carbocycles. The molecular formula is C30H46O5. The van der Waals surface area contributed by atoms with Gasteiger partial charge in [0.15, 0.2) is 5.79 Å². The van der Waals surface area contributed by atoms with Crippen molar-refractivity contribution >= 4 is 0 Å². The van der Waals surface area contributed by atoms with Crippen molar-refractivity contribution in [3.8, 4) is 0 Å². The van der Waals surface area contributed by atoms with E-state index in [2.05, 4.69) is 34.6 Å². The van der Waals surface area contributed by atoms with Gasteiger partial charge in [-0.25, -0.2) is 0 Å². The maximum atomic E-state index is 12.4. The molecule has 5 fully saturated rings. The Morgan fingerprint density at radius 1 is 0.971 bits per heavy atom. The Morgan fingerprint density at radius 2 is 1.71 bits per heavy atom. The number of ether oxygens (including phenoxy) is 3. The van der Waals surface area contributed by atoms with E-state index >= 15 is 0 Å². The van der Waals surface area contributed by atoms with E-state index in [0.717, 1.165) is 38.5 Å². The molecular weight excluding hydrogens is 440 g/mol. The van der Waals surface area contributed by atoms with Gasteiger partial charge in [-0.2, -0.15) is 0 Å². The standard InChI is InChI=1S/C30H46O5/c1-16-14-19-23(26(4,5)32)35-30(33-19)22(16)27(6)12-10-17-15-29-13-11-21(34-29)25(2,3)20(29)9-8-18(17)28(27,7)24(30)31/h16,19-24,31-32H,8-15H2,1-7H3/t16-,19?,20+,21?,22-,23+,24-,27-,28-,29+,30+/m1/s1. The lowest BCUT2D eigenvalue weighted by molar-refractivity contribution is -0.280. The molecule has 0 aromatic rings. The summed E-state index contributed by atoms with van der Waals surface area (Å²) in [4.78, 5) is 0. The highest BCUT2D eigenvalue weighted by atomic mass is 16.8. The number of hydrogen-bond acceptors (Lipinski definition) is 5. The fraction of sp³-hybridized carbons (Fsp3) is 0.933. The van der Waals surface area contributed by atoms with Crippen molar-refractivity contribution in [2.75, 3.05) is 0 Å². The highest BCUT2D eigenvalue weighted by Crippen LogP contribution is 2.76. The Hall–Kier alpha value is -0.460. The first-order valence-corrected chi connectivity index (χ1v) is 14.4. The van der Waals surface area contributed by atoms with Gasteiger partial charge in [0.1, 0.15) is 12.2 Å². The third kappa shape index (κ3) is 2.50. The lowest BCUT2D eigenvalue weighted by atomic mass is 9.52. The topological polar surface area (TPSA) is 68.2 Å². The highest BCUT2D eigenvalue weighted by molar-refractivity contribution is 5.40. The molecule has 7 rings (SSSR count). The maximum absolute atomic E-state index is 12.4. The molecule has 0 radical (unpaired) electrons. The molecule has 35 heavy (non-hydrogen) atoms. The van der Waals surface area contributed by atoms with Crippen LogP contribution in [0.25, 0.3) is 0 Å². The Balaban J connectivity index is 1.34. The predicted octanol–water partition coefficient (Wildman–Crippen LogP) is 5.13. The van der Waals surface area contributed by atoms with Gasteiger partial charge in [0.2, 0.25) is 0 Å². The minimum Gasteiger partial charge on any atom is -0.388 e. The monoisotopic (exact) mass is 486 g/mol. The molecule has 0 amide bonds. The van der Waals surface area contributed by atoms with Gasteiger partial charge in [-0.1, -0.05) is 45.8 Å². The van der Waals surface area contributed by atoms with E-state index < -0.39 is 29.0 Å². The van der Waals surface area contributed by atoms with Crippen molar-refractivity contribution in [1.82, 2.24) is 0 Å². The van der Waals surface area contributed by atoms with Crippen LogP contribution in [0.2, 0.25) is 0 Å². The Labute approximate surface area is 211 Å². The lowest BCUT2D eigenvalue weighted by Crippen LogP contribution is -2.52. The van der Waals surface area contributed by atoms with Crippen molar-refractivity contribution in [2.24, 2.45) is 34.0 Å². The fourth-order valence-electron chi connectivity index (χ4n) is 11.3. The van der Waals surface area contributed by atoms with E-state index in [1.807, 2.05) is 13.8 Å². The predicted molar refractivity (Wildman–Crippen MR) is 132 cm³/mol. The molecule has 7 aliphatic rings. The molecule has 3 aliphatic carbocycles. The van der Waals surface area contributed by atoms with Crippen LogP contribution >= 0.6 is 0 Å². The van der Waals surface area contributed by atoms with Crippen LogP contribution in [0.1, 0.15) is 99.8 Å².